The number of fused-ring (bicyclic) bond motifs is 1. The molecule has 1 aromatic heterocycles. The summed E-state index contributed by atoms with van der Waals surface area (Å²) in [5.74, 6) is 0. The molecule has 16 heavy (non-hydrogen) atoms. The Morgan fingerprint density at radius 3 is 2.69 bits per heavy atom. The second-order valence-corrected chi connectivity index (χ2v) is 5.03. The quantitative estimate of drug-likeness (QED) is 0.777. The topological polar surface area (TPSA) is 30.9 Å². The molecule has 2 nitrogen and oxygen atoms in total. The van der Waals surface area contributed by atoms with E-state index in [-0.39, 0.29) is 5.54 Å². The van der Waals surface area contributed by atoms with Crippen LogP contribution in [0.1, 0.15) is 31.2 Å². The molecule has 0 saturated heterocycles. The summed E-state index contributed by atoms with van der Waals surface area (Å²) in [6, 6.07) is 8.66. The molecule has 84 valence electrons. The first-order valence-corrected chi connectivity index (χ1v) is 6.04. The number of rotatable bonds is 1. The van der Waals surface area contributed by atoms with Gasteiger partial charge in [0, 0.05) is 18.8 Å². The van der Waals surface area contributed by atoms with Crippen LogP contribution < -0.4 is 5.73 Å². The van der Waals surface area contributed by atoms with Crippen molar-refractivity contribution in [2.24, 2.45) is 12.8 Å². The van der Waals surface area contributed by atoms with Crippen LogP contribution in [0.5, 0.6) is 0 Å². The molecule has 2 heteroatoms. The van der Waals surface area contributed by atoms with Crippen LogP contribution >= 0.6 is 0 Å². The third kappa shape index (κ3) is 1.30. The van der Waals surface area contributed by atoms with E-state index in [0.29, 0.717) is 0 Å². The van der Waals surface area contributed by atoms with Gasteiger partial charge in [0.1, 0.15) is 0 Å². The van der Waals surface area contributed by atoms with E-state index in [1.165, 1.54) is 29.3 Å². The molecule has 0 radical (unpaired) electrons. The average Bonchev–Trinajstić information content (AvgIpc) is 2.87. The van der Waals surface area contributed by atoms with E-state index in [2.05, 4.69) is 42.1 Å². The highest BCUT2D eigenvalue weighted by molar-refractivity contribution is 5.84. The fraction of sp³-hybridized carbons (Fsp3) is 0.429. The Morgan fingerprint density at radius 2 is 1.94 bits per heavy atom. The molecular formula is C14H18N2. The van der Waals surface area contributed by atoms with Crippen LogP contribution in [0.15, 0.2) is 30.5 Å². The van der Waals surface area contributed by atoms with Gasteiger partial charge in [-0.25, -0.2) is 0 Å². The first-order chi connectivity index (χ1) is 7.71. The number of nitrogens with two attached hydrogens (primary N) is 1. The molecule has 2 N–H and O–H groups in total. The molecule has 1 fully saturated rings. The van der Waals surface area contributed by atoms with Gasteiger partial charge in [0.25, 0.3) is 0 Å². The van der Waals surface area contributed by atoms with Crippen LogP contribution in [-0.2, 0) is 12.6 Å². The summed E-state index contributed by atoms with van der Waals surface area (Å²) in [5.41, 5.74) is 9.11. The third-order valence-electron chi connectivity index (χ3n) is 3.93. The largest absolute Gasteiger partial charge is 0.350 e. The van der Waals surface area contributed by atoms with Crippen molar-refractivity contribution in [3.8, 4) is 0 Å². The maximum Gasteiger partial charge on any atom is 0.0528 e. The highest BCUT2D eigenvalue weighted by Gasteiger charge is 2.33. The summed E-state index contributed by atoms with van der Waals surface area (Å²) >= 11 is 0. The zero-order valence-corrected chi connectivity index (χ0v) is 9.74. The maximum absolute atomic E-state index is 6.56. The molecule has 0 bridgehead atoms. The number of hydrogen-bond acceptors (Lipinski definition) is 1. The van der Waals surface area contributed by atoms with Crippen LogP contribution in [0.25, 0.3) is 10.9 Å². The van der Waals surface area contributed by atoms with Gasteiger partial charge >= 0.3 is 0 Å². The summed E-state index contributed by atoms with van der Waals surface area (Å²) in [4.78, 5) is 0. The van der Waals surface area contributed by atoms with E-state index in [1.54, 1.807) is 0 Å². The molecule has 0 spiro atoms. The van der Waals surface area contributed by atoms with E-state index >= 15 is 0 Å². The van der Waals surface area contributed by atoms with E-state index < -0.39 is 0 Å². The summed E-state index contributed by atoms with van der Waals surface area (Å²) in [7, 11) is 2.10. The minimum absolute atomic E-state index is 0.0916. The molecule has 2 aromatic rings. The Bertz CT molecular complexity index is 519. The fourth-order valence-corrected chi connectivity index (χ4v) is 3.03. The summed E-state index contributed by atoms with van der Waals surface area (Å²) in [5, 5.41) is 1.30. The van der Waals surface area contributed by atoms with Gasteiger partial charge in [-0.05, 0) is 29.9 Å². The molecule has 0 unspecified atom stereocenters. The third-order valence-corrected chi connectivity index (χ3v) is 3.93. The van der Waals surface area contributed by atoms with Gasteiger partial charge < -0.3 is 10.3 Å². The number of nitrogens with zero attached hydrogens (tertiary/aromatic N) is 1. The maximum atomic E-state index is 6.56. The van der Waals surface area contributed by atoms with E-state index in [0.717, 1.165) is 12.8 Å². The van der Waals surface area contributed by atoms with Gasteiger partial charge in [-0.2, -0.15) is 0 Å². The fourth-order valence-electron chi connectivity index (χ4n) is 3.03. The average molecular weight is 214 g/mol. The lowest BCUT2D eigenvalue weighted by Crippen LogP contribution is -2.33. The molecule has 3 rings (SSSR count). The van der Waals surface area contributed by atoms with Crippen LogP contribution in [0.4, 0.5) is 0 Å². The van der Waals surface area contributed by atoms with Crippen molar-refractivity contribution in [2.75, 3.05) is 0 Å². The lowest BCUT2D eigenvalue weighted by Gasteiger charge is -2.25. The van der Waals surface area contributed by atoms with Crippen molar-refractivity contribution >= 4 is 10.9 Å². The Morgan fingerprint density at radius 1 is 1.19 bits per heavy atom. The zero-order valence-electron chi connectivity index (χ0n) is 9.74. The van der Waals surface area contributed by atoms with E-state index in [4.69, 9.17) is 5.73 Å². The minimum atomic E-state index is -0.0916. The number of aryl methyl sites for hydroxylation is 1. The minimum Gasteiger partial charge on any atom is -0.350 e. The van der Waals surface area contributed by atoms with Gasteiger partial charge in [-0.3, -0.25) is 0 Å². The Kier molecular flexibility index (Phi) is 2.08. The predicted molar refractivity (Wildman–Crippen MR) is 67.3 cm³/mol. The molecule has 1 heterocycles. The number of para-hydroxylation sites is 1. The van der Waals surface area contributed by atoms with Gasteiger partial charge in [0.15, 0.2) is 0 Å². The van der Waals surface area contributed by atoms with Gasteiger partial charge in [0.05, 0.1) is 5.52 Å². The SMILES string of the molecule is Cn1ccc2cccc(C3(N)CCCC3)c21. The summed E-state index contributed by atoms with van der Waals surface area (Å²) in [6.45, 7) is 0. The predicted octanol–water partition coefficient (Wildman–Crippen LogP) is 2.91. The lowest BCUT2D eigenvalue weighted by molar-refractivity contribution is 0.464. The molecule has 0 amide bonds. The second kappa shape index (κ2) is 3.36. The molecular weight excluding hydrogens is 196 g/mol. The van der Waals surface area contributed by atoms with Gasteiger partial charge in [0.2, 0.25) is 0 Å². The highest BCUT2D eigenvalue weighted by Crippen LogP contribution is 2.39. The van der Waals surface area contributed by atoms with Crippen molar-refractivity contribution in [2.45, 2.75) is 31.2 Å². The van der Waals surface area contributed by atoms with E-state index in [1.807, 2.05) is 0 Å². The Balaban J connectivity index is 2.26. The van der Waals surface area contributed by atoms with Crippen LogP contribution in [0, 0.1) is 0 Å². The number of benzene rings is 1. The first kappa shape index (κ1) is 9.91. The van der Waals surface area contributed by atoms with Crippen molar-refractivity contribution in [1.82, 2.24) is 4.57 Å². The van der Waals surface area contributed by atoms with Crippen molar-refractivity contribution < 1.29 is 0 Å². The summed E-state index contributed by atoms with van der Waals surface area (Å²) < 4.78 is 2.19. The number of hydrogen-bond donors (Lipinski definition) is 1. The summed E-state index contributed by atoms with van der Waals surface area (Å²) in [6.07, 6.45) is 6.88. The Hall–Kier alpha value is -1.28. The van der Waals surface area contributed by atoms with Crippen LogP contribution in [-0.4, -0.2) is 4.57 Å². The molecule has 1 aromatic carbocycles. The van der Waals surface area contributed by atoms with Gasteiger partial charge in [-0.1, -0.05) is 31.0 Å². The highest BCUT2D eigenvalue weighted by atomic mass is 14.9. The molecule has 1 saturated carbocycles. The van der Waals surface area contributed by atoms with Crippen molar-refractivity contribution in [1.29, 1.82) is 0 Å². The normalized spacial score (nSPS) is 19.4. The number of aromatic nitrogens is 1. The Labute approximate surface area is 96.1 Å². The second-order valence-electron chi connectivity index (χ2n) is 5.03. The standard InChI is InChI=1S/C14H18N2/c1-16-10-7-11-5-4-6-12(13(11)16)14(15)8-2-3-9-14/h4-7,10H,2-3,8-9,15H2,1H3. The molecule has 0 aliphatic heterocycles. The molecule has 1 aliphatic carbocycles. The van der Waals surface area contributed by atoms with Gasteiger partial charge in [-0.15, -0.1) is 0 Å². The van der Waals surface area contributed by atoms with Crippen molar-refractivity contribution in [3.05, 3.63) is 36.0 Å². The van der Waals surface area contributed by atoms with Crippen molar-refractivity contribution in [3.63, 3.8) is 0 Å². The molecule has 1 aliphatic rings. The first-order valence-electron chi connectivity index (χ1n) is 6.04. The van der Waals surface area contributed by atoms with Crippen LogP contribution in [0.2, 0.25) is 0 Å². The smallest absolute Gasteiger partial charge is 0.0528 e. The molecule has 0 atom stereocenters. The van der Waals surface area contributed by atoms with E-state index in [9.17, 15) is 0 Å². The lowest BCUT2D eigenvalue weighted by atomic mass is 9.88. The zero-order chi connectivity index (χ0) is 11.2. The van der Waals surface area contributed by atoms with Crippen LogP contribution in [0.3, 0.4) is 0 Å². The monoisotopic (exact) mass is 214 g/mol.